The normalized spacial score (nSPS) is 11.3. The Morgan fingerprint density at radius 3 is 2.57 bits per heavy atom. The first-order chi connectivity index (χ1) is 10.4. The molecule has 4 rings (SSSR count). The van der Waals surface area contributed by atoms with Crippen molar-refractivity contribution in [3.63, 3.8) is 0 Å². The third-order valence-electron chi connectivity index (χ3n) is 4.01. The molecule has 0 aliphatic carbocycles. The maximum absolute atomic E-state index is 5.42. The Balaban J connectivity index is 1.84. The third-order valence-corrected chi connectivity index (χ3v) is 4.01. The Morgan fingerprint density at radius 2 is 1.71 bits per heavy atom. The Kier molecular flexibility index (Phi) is 2.71. The number of para-hydroxylation sites is 2. The van der Waals surface area contributed by atoms with Crippen LogP contribution in [0.4, 0.5) is 0 Å². The molecule has 0 aliphatic heterocycles. The van der Waals surface area contributed by atoms with Crippen molar-refractivity contribution in [2.75, 3.05) is 7.11 Å². The highest BCUT2D eigenvalue weighted by Crippen LogP contribution is 2.26. The lowest BCUT2D eigenvalue weighted by atomic mass is 10.0. The number of fused-ring (bicyclic) bond motifs is 2. The first-order valence-corrected chi connectivity index (χ1v) is 7.05. The van der Waals surface area contributed by atoms with Gasteiger partial charge in [-0.05, 0) is 23.3 Å². The molecule has 4 aromatic rings. The number of benzene rings is 2. The van der Waals surface area contributed by atoms with Crippen molar-refractivity contribution in [2.24, 2.45) is 0 Å². The average molecular weight is 276 g/mol. The molecule has 2 heterocycles. The Hall–Kier alpha value is -2.68. The number of hydrogen-bond donors (Lipinski definition) is 1. The summed E-state index contributed by atoms with van der Waals surface area (Å²) < 4.78 is 1.83. The van der Waals surface area contributed by atoms with Crippen LogP contribution in [0.3, 0.4) is 0 Å². The summed E-state index contributed by atoms with van der Waals surface area (Å²) in [5.74, 6) is 0. The van der Waals surface area contributed by atoms with Crippen molar-refractivity contribution >= 4 is 21.8 Å². The minimum atomic E-state index is 0.890. The SMILES string of the molecule is COn1cc(Cc2c[nH]c3ccccc23)c2ccccc21. The van der Waals surface area contributed by atoms with Crippen molar-refractivity contribution in [2.45, 2.75) is 6.42 Å². The van der Waals surface area contributed by atoms with Gasteiger partial charge in [-0.25, -0.2) is 0 Å². The highest BCUT2D eigenvalue weighted by atomic mass is 16.6. The summed E-state index contributed by atoms with van der Waals surface area (Å²) in [5.41, 5.74) is 4.87. The summed E-state index contributed by atoms with van der Waals surface area (Å²) >= 11 is 0. The van der Waals surface area contributed by atoms with Gasteiger partial charge in [0.1, 0.15) is 7.11 Å². The molecule has 0 fully saturated rings. The van der Waals surface area contributed by atoms with E-state index >= 15 is 0 Å². The lowest BCUT2D eigenvalue weighted by molar-refractivity contribution is 0.179. The molecule has 1 N–H and O–H groups in total. The van der Waals surface area contributed by atoms with Gasteiger partial charge in [-0.3, -0.25) is 0 Å². The fourth-order valence-corrected chi connectivity index (χ4v) is 2.99. The van der Waals surface area contributed by atoms with Crippen LogP contribution in [0, 0.1) is 0 Å². The minimum absolute atomic E-state index is 0.890. The van der Waals surface area contributed by atoms with Crippen LogP contribution in [0.2, 0.25) is 0 Å². The van der Waals surface area contributed by atoms with Crippen molar-refractivity contribution in [1.82, 2.24) is 9.71 Å². The van der Waals surface area contributed by atoms with Crippen LogP contribution in [0.15, 0.2) is 60.9 Å². The quantitative estimate of drug-likeness (QED) is 0.606. The number of nitrogens with one attached hydrogen (secondary N) is 1. The van der Waals surface area contributed by atoms with Crippen molar-refractivity contribution in [1.29, 1.82) is 0 Å². The van der Waals surface area contributed by atoms with Gasteiger partial charge < -0.3 is 9.82 Å². The van der Waals surface area contributed by atoms with E-state index < -0.39 is 0 Å². The largest absolute Gasteiger partial charge is 0.417 e. The summed E-state index contributed by atoms with van der Waals surface area (Å²) in [6.45, 7) is 0. The number of aromatic nitrogens is 2. The summed E-state index contributed by atoms with van der Waals surface area (Å²) in [6.07, 6.45) is 5.07. The van der Waals surface area contributed by atoms with Gasteiger partial charge in [-0.15, -0.1) is 0 Å². The van der Waals surface area contributed by atoms with E-state index in [-0.39, 0.29) is 0 Å². The van der Waals surface area contributed by atoms with Crippen LogP contribution >= 0.6 is 0 Å². The molecule has 2 aromatic carbocycles. The van der Waals surface area contributed by atoms with Crippen LogP contribution in [0.5, 0.6) is 0 Å². The van der Waals surface area contributed by atoms with E-state index in [1.54, 1.807) is 7.11 Å². The van der Waals surface area contributed by atoms with Gasteiger partial charge in [0.15, 0.2) is 0 Å². The molecular formula is C18H16N2O. The fourth-order valence-electron chi connectivity index (χ4n) is 2.99. The van der Waals surface area contributed by atoms with E-state index in [1.165, 1.54) is 27.4 Å². The molecule has 21 heavy (non-hydrogen) atoms. The summed E-state index contributed by atoms with van der Waals surface area (Å²) in [5, 5.41) is 2.52. The summed E-state index contributed by atoms with van der Waals surface area (Å²) in [4.78, 5) is 8.76. The first kappa shape index (κ1) is 12.1. The zero-order valence-electron chi connectivity index (χ0n) is 11.8. The second kappa shape index (κ2) is 4.70. The summed E-state index contributed by atoms with van der Waals surface area (Å²) in [7, 11) is 1.70. The highest BCUT2D eigenvalue weighted by Gasteiger charge is 2.11. The number of aromatic amines is 1. The molecule has 0 saturated carbocycles. The van der Waals surface area contributed by atoms with E-state index in [0.717, 1.165) is 11.9 Å². The Morgan fingerprint density at radius 1 is 0.952 bits per heavy atom. The molecule has 0 radical (unpaired) electrons. The highest BCUT2D eigenvalue weighted by molar-refractivity contribution is 5.87. The maximum Gasteiger partial charge on any atom is 0.104 e. The molecule has 0 unspecified atom stereocenters. The number of hydrogen-bond acceptors (Lipinski definition) is 1. The smallest absolute Gasteiger partial charge is 0.104 e. The Bertz CT molecular complexity index is 917. The summed E-state index contributed by atoms with van der Waals surface area (Å²) in [6, 6.07) is 16.7. The number of H-pyrrole nitrogens is 1. The molecule has 3 heteroatoms. The van der Waals surface area contributed by atoms with Crippen molar-refractivity contribution < 1.29 is 4.84 Å². The third kappa shape index (κ3) is 1.89. The van der Waals surface area contributed by atoms with Crippen LogP contribution < -0.4 is 4.84 Å². The molecule has 0 saturated heterocycles. The van der Waals surface area contributed by atoms with E-state index in [4.69, 9.17) is 4.84 Å². The van der Waals surface area contributed by atoms with Crippen LogP contribution in [0.1, 0.15) is 11.1 Å². The van der Waals surface area contributed by atoms with Gasteiger partial charge in [0.25, 0.3) is 0 Å². The molecule has 2 aromatic heterocycles. The van der Waals surface area contributed by atoms with E-state index in [9.17, 15) is 0 Å². The lowest BCUT2D eigenvalue weighted by Gasteiger charge is -2.00. The standard InChI is InChI=1S/C18H16N2O/c1-21-20-12-14(16-7-3-5-9-18(16)20)10-13-11-19-17-8-4-2-6-15(13)17/h2-9,11-12,19H,10H2,1H3. The second-order valence-electron chi connectivity index (χ2n) is 5.22. The topological polar surface area (TPSA) is 29.9 Å². The molecule has 0 atom stereocenters. The van der Waals surface area contributed by atoms with Crippen LogP contribution in [-0.2, 0) is 6.42 Å². The minimum Gasteiger partial charge on any atom is -0.417 e. The molecule has 0 bridgehead atoms. The van der Waals surface area contributed by atoms with E-state index in [1.807, 2.05) is 10.8 Å². The molecule has 0 spiro atoms. The predicted molar refractivity (Wildman–Crippen MR) is 85.5 cm³/mol. The monoisotopic (exact) mass is 276 g/mol. The first-order valence-electron chi connectivity index (χ1n) is 7.05. The molecular weight excluding hydrogens is 260 g/mol. The Labute approximate surface area is 122 Å². The van der Waals surface area contributed by atoms with Crippen LogP contribution in [-0.4, -0.2) is 16.8 Å². The fraction of sp³-hybridized carbons (Fsp3) is 0.111. The van der Waals surface area contributed by atoms with Gasteiger partial charge in [-0.1, -0.05) is 36.4 Å². The van der Waals surface area contributed by atoms with Gasteiger partial charge in [-0.2, -0.15) is 4.73 Å². The van der Waals surface area contributed by atoms with Crippen LogP contribution in [0.25, 0.3) is 21.8 Å². The molecule has 104 valence electrons. The number of rotatable bonds is 3. The zero-order valence-corrected chi connectivity index (χ0v) is 11.8. The van der Waals surface area contributed by atoms with E-state index in [2.05, 4.69) is 59.8 Å². The van der Waals surface area contributed by atoms with Crippen molar-refractivity contribution in [3.8, 4) is 0 Å². The van der Waals surface area contributed by atoms with Gasteiger partial charge in [0, 0.05) is 35.1 Å². The van der Waals surface area contributed by atoms with Gasteiger partial charge in [0.2, 0.25) is 0 Å². The molecule has 3 nitrogen and oxygen atoms in total. The molecule has 0 amide bonds. The maximum atomic E-state index is 5.42. The van der Waals surface area contributed by atoms with Gasteiger partial charge in [0.05, 0.1) is 5.52 Å². The van der Waals surface area contributed by atoms with Gasteiger partial charge >= 0.3 is 0 Å². The lowest BCUT2D eigenvalue weighted by Crippen LogP contribution is -2.02. The van der Waals surface area contributed by atoms with Crippen molar-refractivity contribution in [3.05, 3.63) is 72.1 Å². The zero-order chi connectivity index (χ0) is 14.2. The predicted octanol–water partition coefficient (Wildman–Crippen LogP) is 3.77. The average Bonchev–Trinajstić information content (AvgIpc) is 3.10. The second-order valence-corrected chi connectivity index (χ2v) is 5.22. The number of nitrogens with zero attached hydrogens (tertiary/aromatic N) is 1. The van der Waals surface area contributed by atoms with E-state index in [0.29, 0.717) is 0 Å². The molecule has 0 aliphatic rings.